The van der Waals surface area contributed by atoms with Crippen molar-refractivity contribution in [2.75, 3.05) is 0 Å². The average Bonchev–Trinajstić information content (AvgIpc) is 2.83. The summed E-state index contributed by atoms with van der Waals surface area (Å²) in [5.74, 6) is 0.0309. The van der Waals surface area contributed by atoms with Crippen LogP contribution in [0.2, 0.25) is 0 Å². The Hall–Kier alpha value is -1.64. The van der Waals surface area contributed by atoms with Gasteiger partial charge in [-0.2, -0.15) is 0 Å². The zero-order valence-corrected chi connectivity index (χ0v) is 14.2. The van der Waals surface area contributed by atoms with Gasteiger partial charge in [-0.05, 0) is 44.1 Å². The molecule has 3 atom stereocenters. The molecule has 22 heavy (non-hydrogen) atoms. The third-order valence-corrected chi connectivity index (χ3v) is 4.95. The molecule has 0 unspecified atom stereocenters. The minimum absolute atomic E-state index is 0.0570. The van der Waals surface area contributed by atoms with Gasteiger partial charge in [0.05, 0.1) is 12.3 Å². The minimum Gasteiger partial charge on any atom is -0.457 e. The highest BCUT2D eigenvalue weighted by Gasteiger charge is 2.61. The number of allylic oxidation sites excluding steroid dienone is 4. The smallest absolute Gasteiger partial charge is 0.310 e. The van der Waals surface area contributed by atoms with Crippen LogP contribution in [-0.2, 0) is 14.3 Å². The van der Waals surface area contributed by atoms with Crippen molar-refractivity contribution in [3.05, 3.63) is 35.5 Å². The number of ketones is 1. The van der Waals surface area contributed by atoms with Crippen molar-refractivity contribution in [1.82, 2.24) is 0 Å². The second-order valence-corrected chi connectivity index (χ2v) is 7.28. The molecule has 0 radical (unpaired) electrons. The molecule has 1 saturated carbocycles. The number of hydrogen-bond donors (Lipinski definition) is 0. The van der Waals surface area contributed by atoms with Gasteiger partial charge in [0.1, 0.15) is 6.10 Å². The predicted molar refractivity (Wildman–Crippen MR) is 87.2 cm³/mol. The highest BCUT2D eigenvalue weighted by molar-refractivity contribution is 6.00. The fourth-order valence-electron chi connectivity index (χ4n) is 3.42. The van der Waals surface area contributed by atoms with Crippen LogP contribution in [0, 0.1) is 17.3 Å². The molecule has 0 bridgehead atoms. The molecule has 0 saturated heterocycles. The Labute approximate surface area is 133 Å². The lowest BCUT2D eigenvalue weighted by Gasteiger charge is -2.13. The number of Topliss-reactive ketones (excluding diaryl/α,β-unsaturated/α-hetero) is 1. The van der Waals surface area contributed by atoms with Gasteiger partial charge in [-0.15, -0.1) is 6.58 Å². The maximum Gasteiger partial charge on any atom is 0.310 e. The Morgan fingerprint density at radius 2 is 2.05 bits per heavy atom. The average molecular weight is 302 g/mol. The maximum absolute atomic E-state index is 12.5. The summed E-state index contributed by atoms with van der Waals surface area (Å²) in [5.41, 5.74) is 2.80. The lowest BCUT2D eigenvalue weighted by atomic mass is 10.1. The molecule has 2 aliphatic carbocycles. The first kappa shape index (κ1) is 16.7. The summed E-state index contributed by atoms with van der Waals surface area (Å²) in [5, 5.41) is 0. The van der Waals surface area contributed by atoms with Crippen molar-refractivity contribution in [2.45, 2.75) is 53.6 Å². The van der Waals surface area contributed by atoms with Crippen molar-refractivity contribution in [1.29, 1.82) is 0 Å². The summed E-state index contributed by atoms with van der Waals surface area (Å²) >= 11 is 0. The molecular weight excluding hydrogens is 276 g/mol. The first-order chi connectivity index (χ1) is 10.2. The number of hydrogen-bond acceptors (Lipinski definition) is 3. The Balaban J connectivity index is 2.07. The Morgan fingerprint density at radius 1 is 1.41 bits per heavy atom. The standard InChI is InChI=1S/C19H26O3/c1-7-8-13-12(4)16(10-15(13)20)22-18(21)17-14(9-11(2)3)19(17,5)6/h7,9,14,16-17H,1,8,10H2,2-6H3/t14-,16+,17+/m1/s1. The van der Waals surface area contributed by atoms with Gasteiger partial charge in [0.15, 0.2) is 5.78 Å². The van der Waals surface area contributed by atoms with E-state index < -0.39 is 6.10 Å². The van der Waals surface area contributed by atoms with E-state index in [1.807, 2.05) is 20.8 Å². The highest BCUT2D eigenvalue weighted by Crippen LogP contribution is 2.60. The number of rotatable bonds is 5. The van der Waals surface area contributed by atoms with Gasteiger partial charge in [0, 0.05) is 5.57 Å². The summed E-state index contributed by atoms with van der Waals surface area (Å²) in [4.78, 5) is 24.5. The van der Waals surface area contributed by atoms with E-state index >= 15 is 0 Å². The van der Waals surface area contributed by atoms with Crippen LogP contribution in [0.1, 0.15) is 47.5 Å². The number of ether oxygens (including phenoxy) is 1. The topological polar surface area (TPSA) is 43.4 Å². The Kier molecular flexibility index (Phi) is 4.46. The van der Waals surface area contributed by atoms with Gasteiger partial charge < -0.3 is 4.74 Å². The summed E-state index contributed by atoms with van der Waals surface area (Å²) < 4.78 is 5.66. The fraction of sp³-hybridized carbons (Fsp3) is 0.579. The third kappa shape index (κ3) is 2.94. The van der Waals surface area contributed by atoms with Crippen LogP contribution < -0.4 is 0 Å². The van der Waals surface area contributed by atoms with Gasteiger partial charge in [-0.25, -0.2) is 0 Å². The number of carbonyl (C=O) groups excluding carboxylic acids is 2. The van der Waals surface area contributed by atoms with E-state index in [0.29, 0.717) is 6.42 Å². The minimum atomic E-state index is -0.390. The van der Waals surface area contributed by atoms with E-state index in [2.05, 4.69) is 26.5 Å². The Bertz CT molecular complexity index is 573. The Morgan fingerprint density at radius 3 is 2.59 bits per heavy atom. The summed E-state index contributed by atoms with van der Waals surface area (Å²) in [6.07, 6.45) is 4.31. The molecule has 3 heteroatoms. The first-order valence-electron chi connectivity index (χ1n) is 7.89. The molecule has 0 aromatic carbocycles. The van der Waals surface area contributed by atoms with Gasteiger partial charge >= 0.3 is 5.97 Å². The van der Waals surface area contributed by atoms with Crippen LogP contribution in [0.3, 0.4) is 0 Å². The monoisotopic (exact) mass is 302 g/mol. The zero-order chi connectivity index (χ0) is 16.7. The first-order valence-corrected chi connectivity index (χ1v) is 7.89. The SMILES string of the molecule is C=CCC1=C(C)[C@@H](OC(=O)[C@@H]2[C@@H](C=C(C)C)C2(C)C)CC1=O. The van der Waals surface area contributed by atoms with Crippen LogP contribution >= 0.6 is 0 Å². The molecule has 0 N–H and O–H groups in total. The molecular formula is C19H26O3. The highest BCUT2D eigenvalue weighted by atomic mass is 16.5. The number of esters is 1. The van der Waals surface area contributed by atoms with Crippen molar-refractivity contribution in [3.8, 4) is 0 Å². The van der Waals surface area contributed by atoms with Crippen molar-refractivity contribution in [3.63, 3.8) is 0 Å². The molecule has 0 heterocycles. The van der Waals surface area contributed by atoms with E-state index in [1.54, 1.807) is 6.08 Å². The summed E-state index contributed by atoms with van der Waals surface area (Å²) in [6.45, 7) is 13.8. The molecule has 0 aromatic rings. The normalized spacial score (nSPS) is 29.3. The zero-order valence-electron chi connectivity index (χ0n) is 14.2. The maximum atomic E-state index is 12.5. The van der Waals surface area contributed by atoms with Crippen LogP contribution in [-0.4, -0.2) is 17.9 Å². The molecule has 120 valence electrons. The third-order valence-electron chi connectivity index (χ3n) is 4.95. The summed E-state index contributed by atoms with van der Waals surface area (Å²) in [7, 11) is 0. The molecule has 0 aliphatic heterocycles. The van der Waals surface area contributed by atoms with E-state index in [0.717, 1.165) is 11.1 Å². The van der Waals surface area contributed by atoms with E-state index in [9.17, 15) is 9.59 Å². The quantitative estimate of drug-likeness (QED) is 0.569. The second kappa shape index (κ2) is 5.86. The summed E-state index contributed by atoms with van der Waals surface area (Å²) in [6, 6.07) is 0. The molecule has 1 fully saturated rings. The molecule has 0 amide bonds. The van der Waals surface area contributed by atoms with Crippen LogP contribution in [0.4, 0.5) is 0 Å². The lowest BCUT2D eigenvalue weighted by molar-refractivity contribution is -0.150. The van der Waals surface area contributed by atoms with E-state index in [4.69, 9.17) is 4.74 Å². The molecule has 2 rings (SSSR count). The lowest BCUT2D eigenvalue weighted by Crippen LogP contribution is -2.20. The van der Waals surface area contributed by atoms with E-state index in [1.165, 1.54) is 5.57 Å². The van der Waals surface area contributed by atoms with Gasteiger partial charge in [-0.1, -0.05) is 31.6 Å². The molecule has 3 nitrogen and oxygen atoms in total. The largest absolute Gasteiger partial charge is 0.457 e. The van der Waals surface area contributed by atoms with Gasteiger partial charge in [0.25, 0.3) is 0 Å². The van der Waals surface area contributed by atoms with Gasteiger partial charge in [-0.3, -0.25) is 9.59 Å². The fourth-order valence-corrected chi connectivity index (χ4v) is 3.42. The van der Waals surface area contributed by atoms with Gasteiger partial charge in [0.2, 0.25) is 0 Å². The predicted octanol–water partition coefficient (Wildman–Crippen LogP) is 4.00. The van der Waals surface area contributed by atoms with Crippen molar-refractivity contribution in [2.24, 2.45) is 17.3 Å². The number of carbonyl (C=O) groups is 2. The molecule has 2 aliphatic rings. The van der Waals surface area contributed by atoms with Crippen molar-refractivity contribution < 1.29 is 14.3 Å². The van der Waals surface area contributed by atoms with Crippen LogP contribution in [0.15, 0.2) is 35.5 Å². The van der Waals surface area contributed by atoms with Crippen molar-refractivity contribution >= 4 is 11.8 Å². The molecule has 0 aromatic heterocycles. The van der Waals surface area contributed by atoms with Crippen LogP contribution in [0.25, 0.3) is 0 Å². The van der Waals surface area contributed by atoms with Crippen LogP contribution in [0.5, 0.6) is 0 Å². The second-order valence-electron chi connectivity index (χ2n) is 7.28. The molecule has 0 spiro atoms. The van der Waals surface area contributed by atoms with E-state index in [-0.39, 0.29) is 35.4 Å².